The largest absolute Gasteiger partial charge is 0.483 e. The number of nitrogens with two attached hydrogens (primary N) is 1. The zero-order valence-electron chi connectivity index (χ0n) is 11.6. The zero-order valence-corrected chi connectivity index (χ0v) is 15.6. The Morgan fingerprint density at radius 1 is 1.15 bits per heavy atom. The molecule has 2 atom stereocenters. The molecule has 2 nitrogen and oxygen atoms in total. The molecule has 2 unspecified atom stereocenters. The fourth-order valence-corrected chi connectivity index (χ4v) is 3.82. The van der Waals surface area contributed by atoms with E-state index in [2.05, 4.69) is 51.8 Å². The summed E-state index contributed by atoms with van der Waals surface area (Å²) >= 11 is 8.71. The summed E-state index contributed by atoms with van der Waals surface area (Å²) in [5.74, 6) is 0.857. The second kappa shape index (κ2) is 6.60. The van der Waals surface area contributed by atoms with Crippen LogP contribution in [0.3, 0.4) is 0 Å². The Morgan fingerprint density at radius 3 is 2.20 bits per heavy atom. The van der Waals surface area contributed by atoms with Gasteiger partial charge in [-0.1, -0.05) is 15.9 Å². The summed E-state index contributed by atoms with van der Waals surface area (Å²) in [7, 11) is 0. The van der Waals surface area contributed by atoms with E-state index in [0.29, 0.717) is 0 Å². The van der Waals surface area contributed by atoms with E-state index in [0.717, 1.165) is 30.0 Å². The number of hydrogen-bond donors (Lipinski definition) is 1. The highest BCUT2D eigenvalue weighted by atomic mass is 79.9. The smallest absolute Gasteiger partial charge is 0.148 e. The Morgan fingerprint density at radius 2 is 1.75 bits per heavy atom. The Labute approximate surface area is 140 Å². The van der Waals surface area contributed by atoms with Crippen LogP contribution in [-0.4, -0.2) is 6.04 Å². The summed E-state index contributed by atoms with van der Waals surface area (Å²) in [4.78, 5) is 1.13. The fourth-order valence-electron chi connectivity index (χ4n) is 2.03. The van der Waals surface area contributed by atoms with Crippen molar-refractivity contribution in [2.45, 2.75) is 32.9 Å². The maximum absolute atomic E-state index is 6.14. The van der Waals surface area contributed by atoms with Gasteiger partial charge in [0, 0.05) is 15.4 Å². The molecular formula is C15H17Br2NOS. The molecule has 0 amide bonds. The third-order valence-corrected chi connectivity index (χ3v) is 5.96. The Kier molecular flexibility index (Phi) is 5.29. The summed E-state index contributed by atoms with van der Waals surface area (Å²) in [6.45, 7) is 6.09. The van der Waals surface area contributed by atoms with Crippen LogP contribution in [0.1, 0.15) is 29.0 Å². The van der Waals surface area contributed by atoms with Gasteiger partial charge in [0.25, 0.3) is 0 Å². The summed E-state index contributed by atoms with van der Waals surface area (Å²) in [6, 6.07) is 8.08. The number of aryl methyl sites for hydroxylation is 2. The van der Waals surface area contributed by atoms with Gasteiger partial charge in [-0.25, -0.2) is 0 Å². The average Bonchev–Trinajstić information content (AvgIpc) is 2.79. The van der Waals surface area contributed by atoms with E-state index < -0.39 is 0 Å². The van der Waals surface area contributed by atoms with Crippen LogP contribution in [0, 0.1) is 13.8 Å². The molecule has 5 heteroatoms. The lowest BCUT2D eigenvalue weighted by molar-refractivity contribution is 0.184. The topological polar surface area (TPSA) is 35.2 Å². The first-order valence-corrected chi connectivity index (χ1v) is 8.73. The predicted molar refractivity (Wildman–Crippen MR) is 92.7 cm³/mol. The van der Waals surface area contributed by atoms with Crippen LogP contribution < -0.4 is 10.5 Å². The highest BCUT2D eigenvalue weighted by molar-refractivity contribution is 9.11. The van der Waals surface area contributed by atoms with E-state index in [1.54, 1.807) is 11.3 Å². The predicted octanol–water partition coefficient (Wildman–Crippen LogP) is 5.36. The molecule has 0 spiro atoms. The normalized spacial score (nSPS) is 14.1. The van der Waals surface area contributed by atoms with Crippen LogP contribution in [0.5, 0.6) is 5.75 Å². The van der Waals surface area contributed by atoms with E-state index in [9.17, 15) is 0 Å². The number of rotatable bonds is 4. The van der Waals surface area contributed by atoms with Gasteiger partial charge in [-0.3, -0.25) is 0 Å². The van der Waals surface area contributed by atoms with Crippen molar-refractivity contribution in [1.82, 2.24) is 0 Å². The van der Waals surface area contributed by atoms with Crippen LogP contribution in [0.15, 0.2) is 32.5 Å². The molecule has 0 aliphatic heterocycles. The molecule has 0 aliphatic rings. The zero-order chi connectivity index (χ0) is 14.9. The van der Waals surface area contributed by atoms with Gasteiger partial charge in [-0.2, -0.15) is 0 Å². The van der Waals surface area contributed by atoms with Crippen LogP contribution in [0.25, 0.3) is 0 Å². The van der Waals surface area contributed by atoms with Gasteiger partial charge in [0.15, 0.2) is 0 Å². The lowest BCUT2D eigenvalue weighted by Gasteiger charge is -2.22. The molecule has 0 saturated heterocycles. The lowest BCUT2D eigenvalue weighted by atomic mass is 10.1. The maximum Gasteiger partial charge on any atom is 0.148 e. The van der Waals surface area contributed by atoms with Crippen molar-refractivity contribution in [3.63, 3.8) is 0 Å². The molecule has 0 bridgehead atoms. The van der Waals surface area contributed by atoms with Crippen molar-refractivity contribution in [3.8, 4) is 5.75 Å². The van der Waals surface area contributed by atoms with Gasteiger partial charge in [0.05, 0.1) is 3.79 Å². The van der Waals surface area contributed by atoms with Crippen molar-refractivity contribution >= 4 is 43.2 Å². The van der Waals surface area contributed by atoms with E-state index >= 15 is 0 Å². The molecule has 2 N–H and O–H groups in total. The van der Waals surface area contributed by atoms with Gasteiger partial charge in [0.2, 0.25) is 0 Å². The minimum atomic E-state index is -0.133. The van der Waals surface area contributed by atoms with E-state index in [4.69, 9.17) is 10.5 Å². The highest BCUT2D eigenvalue weighted by Gasteiger charge is 2.20. The van der Waals surface area contributed by atoms with Gasteiger partial charge >= 0.3 is 0 Å². The lowest BCUT2D eigenvalue weighted by Crippen LogP contribution is -2.28. The van der Waals surface area contributed by atoms with Crippen molar-refractivity contribution < 1.29 is 4.74 Å². The average molecular weight is 419 g/mol. The quantitative estimate of drug-likeness (QED) is 0.725. The Hall–Kier alpha value is -0.360. The summed E-state index contributed by atoms with van der Waals surface area (Å²) in [5, 5.41) is 0. The van der Waals surface area contributed by atoms with Crippen LogP contribution in [0.4, 0.5) is 0 Å². The van der Waals surface area contributed by atoms with Crippen LogP contribution >= 0.6 is 43.2 Å². The van der Waals surface area contributed by atoms with Gasteiger partial charge in [0.1, 0.15) is 11.9 Å². The highest BCUT2D eigenvalue weighted by Crippen LogP contribution is 2.34. The third kappa shape index (κ3) is 3.64. The first-order chi connectivity index (χ1) is 9.38. The Bertz CT molecular complexity index is 587. The van der Waals surface area contributed by atoms with Crippen molar-refractivity contribution in [2.24, 2.45) is 5.73 Å². The molecule has 0 fully saturated rings. The van der Waals surface area contributed by atoms with E-state index in [1.807, 2.05) is 25.1 Å². The number of benzene rings is 1. The standard InChI is InChI=1S/C15H17Br2NOS/c1-8-6-11(7-9(2)14(8)17)19-15(10(3)18)12-4-5-13(16)20-12/h4-7,10,15H,18H2,1-3H3. The van der Waals surface area contributed by atoms with Crippen LogP contribution in [-0.2, 0) is 0 Å². The summed E-state index contributed by atoms with van der Waals surface area (Å²) in [6.07, 6.45) is -0.133. The molecule has 0 aliphatic carbocycles. The number of halogens is 2. The molecule has 0 saturated carbocycles. The second-order valence-corrected chi connectivity index (χ2v) is 8.20. The number of ether oxygens (including phenoxy) is 1. The van der Waals surface area contributed by atoms with Gasteiger partial charge in [-0.15, -0.1) is 11.3 Å². The monoisotopic (exact) mass is 417 g/mol. The first kappa shape index (κ1) is 16.0. The minimum absolute atomic E-state index is 0.0789. The molecule has 0 radical (unpaired) electrons. The van der Waals surface area contributed by atoms with Gasteiger partial charge < -0.3 is 10.5 Å². The Balaban J connectivity index is 2.29. The SMILES string of the molecule is Cc1cc(OC(c2ccc(Br)s2)C(C)N)cc(C)c1Br. The van der Waals surface area contributed by atoms with Crippen molar-refractivity contribution in [2.75, 3.05) is 0 Å². The molecule has 1 aromatic heterocycles. The maximum atomic E-state index is 6.14. The third-order valence-electron chi connectivity index (χ3n) is 3.02. The summed E-state index contributed by atoms with van der Waals surface area (Å²) in [5.41, 5.74) is 8.41. The van der Waals surface area contributed by atoms with Crippen molar-refractivity contribution in [1.29, 1.82) is 0 Å². The molecule has 2 aromatic rings. The van der Waals surface area contributed by atoms with Crippen molar-refractivity contribution in [3.05, 3.63) is 48.5 Å². The first-order valence-electron chi connectivity index (χ1n) is 6.32. The molecule has 1 heterocycles. The minimum Gasteiger partial charge on any atom is -0.483 e. The number of hydrogen-bond acceptors (Lipinski definition) is 3. The van der Waals surface area contributed by atoms with E-state index in [1.165, 1.54) is 0 Å². The second-order valence-electron chi connectivity index (χ2n) is 4.91. The fraction of sp³-hybridized carbons (Fsp3) is 0.333. The molecule has 1 aromatic carbocycles. The molecule has 108 valence electrons. The van der Waals surface area contributed by atoms with Gasteiger partial charge in [-0.05, 0) is 72.1 Å². The van der Waals surface area contributed by atoms with Crippen LogP contribution in [0.2, 0.25) is 0 Å². The summed E-state index contributed by atoms with van der Waals surface area (Å²) < 4.78 is 8.35. The molecule has 2 rings (SSSR count). The molecular weight excluding hydrogens is 402 g/mol. The molecule has 20 heavy (non-hydrogen) atoms. The number of thiophene rings is 1. The van der Waals surface area contributed by atoms with E-state index in [-0.39, 0.29) is 12.1 Å².